The molecule has 21 heavy (non-hydrogen) atoms. The third-order valence-corrected chi connectivity index (χ3v) is 4.24. The van der Waals surface area contributed by atoms with Gasteiger partial charge in [-0.2, -0.15) is 0 Å². The highest BCUT2D eigenvalue weighted by atomic mass is 16.1. The minimum atomic E-state index is -0.00474. The lowest BCUT2D eigenvalue weighted by Crippen LogP contribution is -2.46. The van der Waals surface area contributed by atoms with Gasteiger partial charge in [-0.05, 0) is 37.5 Å². The summed E-state index contributed by atoms with van der Waals surface area (Å²) in [4.78, 5) is 21.3. The van der Waals surface area contributed by atoms with Crippen molar-refractivity contribution >= 4 is 11.5 Å². The highest BCUT2D eigenvalue weighted by molar-refractivity contribution is 6.06. The van der Waals surface area contributed by atoms with Gasteiger partial charge in [0, 0.05) is 25.6 Å². The van der Waals surface area contributed by atoms with Crippen molar-refractivity contribution in [3.63, 3.8) is 0 Å². The Labute approximate surface area is 125 Å². The van der Waals surface area contributed by atoms with Crippen molar-refractivity contribution in [1.29, 1.82) is 0 Å². The molecular formula is C17H21N3O. The molecule has 2 atom stereocenters. The second-order valence-electron chi connectivity index (χ2n) is 5.87. The highest BCUT2D eigenvalue weighted by Gasteiger charge is 2.32. The van der Waals surface area contributed by atoms with Gasteiger partial charge >= 0.3 is 0 Å². The number of aromatic nitrogens is 1. The normalized spacial score (nSPS) is 26.3. The zero-order valence-electron chi connectivity index (χ0n) is 12.6. The number of carbonyl (C=O) groups excluding carboxylic acids is 1. The van der Waals surface area contributed by atoms with Crippen molar-refractivity contribution in [2.45, 2.75) is 45.2 Å². The molecule has 0 aromatic carbocycles. The van der Waals surface area contributed by atoms with E-state index in [2.05, 4.69) is 28.3 Å². The maximum atomic E-state index is 12.2. The predicted molar refractivity (Wildman–Crippen MR) is 83.6 cm³/mol. The molecule has 2 aliphatic heterocycles. The van der Waals surface area contributed by atoms with Gasteiger partial charge in [-0.25, -0.2) is 0 Å². The van der Waals surface area contributed by atoms with Crippen molar-refractivity contribution < 1.29 is 4.79 Å². The number of dihydropyridines is 1. The Morgan fingerprint density at radius 2 is 2.05 bits per heavy atom. The molecule has 0 radical (unpaired) electrons. The highest BCUT2D eigenvalue weighted by Crippen LogP contribution is 2.26. The van der Waals surface area contributed by atoms with E-state index in [0.29, 0.717) is 12.8 Å². The molecule has 3 heterocycles. The van der Waals surface area contributed by atoms with E-state index in [4.69, 9.17) is 0 Å². The lowest BCUT2D eigenvalue weighted by Gasteiger charge is -2.32. The van der Waals surface area contributed by atoms with Crippen LogP contribution in [0.25, 0.3) is 0 Å². The molecule has 0 aliphatic carbocycles. The number of piperidine rings is 1. The average molecular weight is 283 g/mol. The number of pyridine rings is 1. The number of carbonyl (C=O) groups is 1. The van der Waals surface area contributed by atoms with Gasteiger partial charge in [0.05, 0.1) is 23.5 Å². The van der Waals surface area contributed by atoms with E-state index in [1.807, 2.05) is 19.1 Å². The monoisotopic (exact) mass is 283 g/mol. The van der Waals surface area contributed by atoms with Gasteiger partial charge in [0.2, 0.25) is 0 Å². The van der Waals surface area contributed by atoms with E-state index in [1.165, 1.54) is 5.57 Å². The predicted octanol–water partition coefficient (Wildman–Crippen LogP) is 2.54. The third kappa shape index (κ3) is 2.95. The van der Waals surface area contributed by atoms with Gasteiger partial charge in [0.1, 0.15) is 5.78 Å². The minimum Gasteiger partial charge on any atom is -0.300 e. The zero-order valence-corrected chi connectivity index (χ0v) is 12.6. The van der Waals surface area contributed by atoms with E-state index in [1.54, 1.807) is 6.20 Å². The molecule has 0 amide bonds. The molecule has 1 saturated heterocycles. The molecule has 1 aromatic heterocycles. The molecule has 0 spiro atoms. The summed E-state index contributed by atoms with van der Waals surface area (Å²) in [5.41, 5.74) is 4.35. The number of ketones is 1. The third-order valence-electron chi connectivity index (χ3n) is 4.24. The van der Waals surface area contributed by atoms with Crippen LogP contribution in [0.15, 0.2) is 35.0 Å². The first-order valence-corrected chi connectivity index (χ1v) is 7.56. The number of aliphatic imine (C=N–C) groups is 1. The van der Waals surface area contributed by atoms with Crippen LogP contribution in [0.1, 0.15) is 43.5 Å². The fraction of sp³-hybridized carbons (Fsp3) is 0.471. The van der Waals surface area contributed by atoms with Crippen LogP contribution in [0.3, 0.4) is 0 Å². The first kappa shape index (κ1) is 14.1. The first-order chi connectivity index (χ1) is 10.1. The van der Waals surface area contributed by atoms with Gasteiger partial charge in [-0.15, -0.1) is 0 Å². The maximum Gasteiger partial charge on any atom is 0.136 e. The summed E-state index contributed by atoms with van der Waals surface area (Å²) < 4.78 is 0. The topological polar surface area (TPSA) is 54.4 Å². The molecule has 3 rings (SSSR count). The van der Waals surface area contributed by atoms with E-state index in [0.717, 1.165) is 29.9 Å². The smallest absolute Gasteiger partial charge is 0.136 e. The Morgan fingerprint density at radius 1 is 1.24 bits per heavy atom. The summed E-state index contributed by atoms with van der Waals surface area (Å²) in [6.45, 7) is 4.95. The van der Waals surface area contributed by atoms with Crippen LogP contribution >= 0.6 is 0 Å². The number of nitrogens with one attached hydrogen (secondary N) is 1. The second-order valence-corrected chi connectivity index (χ2v) is 5.87. The molecule has 0 saturated carbocycles. The standard InChI is InChI=1S/C17H21N3O/c1-11-5-3-7-18-16(11)14-9-13(21)10-15(20-14)17-12(2)6-4-8-19-17/h3,5-7,14-15,20H,4,8-10H2,1-2H3/t14-,15+/m0/s1. The summed E-state index contributed by atoms with van der Waals surface area (Å²) in [6, 6.07) is 3.99. The molecular weight excluding hydrogens is 262 g/mol. The van der Waals surface area contributed by atoms with Crippen molar-refractivity contribution in [2.75, 3.05) is 6.54 Å². The summed E-state index contributed by atoms with van der Waals surface area (Å²) in [5.74, 6) is 0.287. The van der Waals surface area contributed by atoms with E-state index in [-0.39, 0.29) is 17.9 Å². The Hall–Kier alpha value is -1.81. The average Bonchev–Trinajstić information content (AvgIpc) is 2.47. The lowest BCUT2D eigenvalue weighted by atomic mass is 9.88. The molecule has 110 valence electrons. The van der Waals surface area contributed by atoms with E-state index >= 15 is 0 Å². The fourth-order valence-corrected chi connectivity index (χ4v) is 3.19. The molecule has 2 aliphatic rings. The van der Waals surface area contributed by atoms with Gasteiger partial charge in [-0.3, -0.25) is 20.1 Å². The van der Waals surface area contributed by atoms with E-state index in [9.17, 15) is 4.79 Å². The van der Waals surface area contributed by atoms with Crippen LogP contribution in [-0.4, -0.2) is 29.1 Å². The molecule has 1 aromatic rings. The summed E-state index contributed by atoms with van der Waals surface area (Å²) in [7, 11) is 0. The Morgan fingerprint density at radius 3 is 2.81 bits per heavy atom. The molecule has 1 fully saturated rings. The Kier molecular flexibility index (Phi) is 3.97. The lowest BCUT2D eigenvalue weighted by molar-refractivity contribution is -0.121. The maximum absolute atomic E-state index is 12.2. The van der Waals surface area contributed by atoms with Crippen molar-refractivity contribution in [2.24, 2.45) is 4.99 Å². The van der Waals surface area contributed by atoms with Crippen LogP contribution in [-0.2, 0) is 4.79 Å². The number of Topliss-reactive ketones (excluding diaryl/α,β-unsaturated/α-hetero) is 1. The number of hydrogen-bond acceptors (Lipinski definition) is 4. The van der Waals surface area contributed by atoms with Crippen molar-refractivity contribution in [3.8, 4) is 0 Å². The minimum absolute atomic E-state index is 0.00474. The quantitative estimate of drug-likeness (QED) is 0.907. The Bertz CT molecular complexity index is 618. The summed E-state index contributed by atoms with van der Waals surface area (Å²) in [5, 5.41) is 3.59. The van der Waals surface area contributed by atoms with Crippen LogP contribution in [0.5, 0.6) is 0 Å². The molecule has 4 heteroatoms. The summed E-state index contributed by atoms with van der Waals surface area (Å²) in [6.07, 6.45) is 6.06. The number of rotatable bonds is 2. The second kappa shape index (κ2) is 5.90. The zero-order chi connectivity index (χ0) is 14.8. The summed E-state index contributed by atoms with van der Waals surface area (Å²) >= 11 is 0. The molecule has 1 N–H and O–H groups in total. The van der Waals surface area contributed by atoms with Gasteiger partial charge < -0.3 is 0 Å². The molecule has 0 unspecified atom stereocenters. The van der Waals surface area contributed by atoms with Gasteiger partial charge in [0.25, 0.3) is 0 Å². The SMILES string of the molecule is CC1=CCCN=C1[C@H]1CC(=O)C[C@@H](c2ncccc2C)N1. The number of hydrogen-bond donors (Lipinski definition) is 1. The number of aryl methyl sites for hydroxylation is 1. The Balaban J connectivity index is 1.86. The van der Waals surface area contributed by atoms with Crippen LogP contribution in [0.4, 0.5) is 0 Å². The van der Waals surface area contributed by atoms with Gasteiger partial charge in [-0.1, -0.05) is 12.1 Å². The van der Waals surface area contributed by atoms with Gasteiger partial charge in [0.15, 0.2) is 0 Å². The fourth-order valence-electron chi connectivity index (χ4n) is 3.19. The molecule has 0 bridgehead atoms. The largest absolute Gasteiger partial charge is 0.300 e. The van der Waals surface area contributed by atoms with Crippen LogP contribution < -0.4 is 5.32 Å². The van der Waals surface area contributed by atoms with Crippen LogP contribution in [0.2, 0.25) is 0 Å². The van der Waals surface area contributed by atoms with Crippen LogP contribution in [0, 0.1) is 6.92 Å². The van der Waals surface area contributed by atoms with Crippen molar-refractivity contribution in [3.05, 3.63) is 41.2 Å². The van der Waals surface area contributed by atoms with Crippen molar-refractivity contribution in [1.82, 2.24) is 10.3 Å². The molecule has 4 nitrogen and oxygen atoms in total. The number of nitrogens with zero attached hydrogens (tertiary/aromatic N) is 2. The van der Waals surface area contributed by atoms with E-state index < -0.39 is 0 Å². The first-order valence-electron chi connectivity index (χ1n) is 7.56.